The first-order chi connectivity index (χ1) is 13.0. The second kappa shape index (κ2) is 9.83. The van der Waals surface area contributed by atoms with Crippen LogP contribution in [0.2, 0.25) is 0 Å². The van der Waals surface area contributed by atoms with Crippen molar-refractivity contribution in [1.82, 2.24) is 19.8 Å². The average Bonchev–Trinajstić information content (AvgIpc) is 2.90. The molecule has 5 nitrogen and oxygen atoms in total. The molecular formula is C22H39N5. The number of aryl methyl sites for hydroxylation is 1. The van der Waals surface area contributed by atoms with Crippen LogP contribution in [-0.2, 0) is 6.42 Å². The lowest BCUT2D eigenvalue weighted by Crippen LogP contribution is -2.56. The minimum atomic E-state index is 0.596. The van der Waals surface area contributed by atoms with Crippen molar-refractivity contribution in [2.75, 3.05) is 38.6 Å². The van der Waals surface area contributed by atoms with Crippen molar-refractivity contribution in [2.24, 2.45) is 0 Å². The highest BCUT2D eigenvalue weighted by atomic mass is 15.4. The van der Waals surface area contributed by atoms with Crippen molar-refractivity contribution < 1.29 is 0 Å². The zero-order chi connectivity index (χ0) is 19.2. The molecule has 2 atom stereocenters. The van der Waals surface area contributed by atoms with Crippen molar-refractivity contribution in [2.45, 2.75) is 83.3 Å². The first-order valence-electron chi connectivity index (χ1n) is 11.0. The quantitative estimate of drug-likeness (QED) is 0.586. The van der Waals surface area contributed by atoms with Crippen LogP contribution in [0.5, 0.6) is 0 Å². The van der Waals surface area contributed by atoms with E-state index in [2.05, 4.69) is 55.0 Å². The van der Waals surface area contributed by atoms with Gasteiger partial charge in [0.25, 0.3) is 0 Å². The summed E-state index contributed by atoms with van der Waals surface area (Å²) in [6, 6.07) is 1.83. The minimum absolute atomic E-state index is 0.596. The van der Waals surface area contributed by atoms with E-state index in [1.807, 2.05) is 0 Å². The van der Waals surface area contributed by atoms with Gasteiger partial charge in [0.05, 0.1) is 0 Å². The highest BCUT2D eigenvalue weighted by Gasteiger charge is 2.41. The predicted octanol–water partition coefficient (Wildman–Crippen LogP) is 3.59. The summed E-state index contributed by atoms with van der Waals surface area (Å²) in [5, 5.41) is 0. The maximum atomic E-state index is 4.75. The Kier molecular flexibility index (Phi) is 7.48. The van der Waals surface area contributed by atoms with Crippen LogP contribution in [0.15, 0.2) is 12.4 Å². The predicted molar refractivity (Wildman–Crippen MR) is 113 cm³/mol. The van der Waals surface area contributed by atoms with Crippen molar-refractivity contribution in [3.05, 3.63) is 18.0 Å². The van der Waals surface area contributed by atoms with Crippen LogP contribution in [0.1, 0.15) is 64.4 Å². The van der Waals surface area contributed by atoms with Crippen molar-refractivity contribution in [3.8, 4) is 0 Å². The Balaban J connectivity index is 1.42. The van der Waals surface area contributed by atoms with Crippen LogP contribution < -0.4 is 4.90 Å². The van der Waals surface area contributed by atoms with Crippen molar-refractivity contribution >= 4 is 5.95 Å². The van der Waals surface area contributed by atoms with E-state index in [0.717, 1.165) is 25.5 Å². The second-order valence-electron chi connectivity index (χ2n) is 9.05. The minimum Gasteiger partial charge on any atom is -0.332 e. The van der Waals surface area contributed by atoms with Crippen LogP contribution in [-0.4, -0.2) is 71.6 Å². The lowest BCUT2D eigenvalue weighted by molar-refractivity contribution is 0.176. The number of nitrogens with zero attached hydrogens (tertiary/aromatic N) is 5. The molecule has 2 saturated heterocycles. The summed E-state index contributed by atoms with van der Waals surface area (Å²) >= 11 is 0. The van der Waals surface area contributed by atoms with E-state index in [-0.39, 0.29) is 0 Å². The van der Waals surface area contributed by atoms with Gasteiger partial charge in [-0.15, -0.1) is 0 Å². The highest BCUT2D eigenvalue weighted by molar-refractivity contribution is 5.37. The standard InChI is InChI=1S/C22H39N5/c1-18(2)26-16-20-11-12-21(17-26)27(20)22-23-14-19(15-24-22)10-8-6-5-7-9-13-25(3)4/h14-15,18,20-21H,5-13,16-17H2,1-4H3. The number of fused-ring (bicyclic) bond motifs is 2. The van der Waals surface area contributed by atoms with Gasteiger partial charge in [-0.2, -0.15) is 0 Å². The number of anilines is 1. The average molecular weight is 374 g/mol. The van der Waals surface area contributed by atoms with Gasteiger partial charge in [-0.3, -0.25) is 4.90 Å². The molecule has 5 heteroatoms. The molecule has 1 aromatic rings. The van der Waals surface area contributed by atoms with E-state index in [4.69, 9.17) is 9.97 Å². The Hall–Kier alpha value is -1.20. The molecule has 152 valence electrons. The first-order valence-corrected chi connectivity index (χ1v) is 11.0. The van der Waals surface area contributed by atoms with Gasteiger partial charge in [-0.05, 0) is 72.2 Å². The summed E-state index contributed by atoms with van der Waals surface area (Å²) in [5.74, 6) is 0.957. The summed E-state index contributed by atoms with van der Waals surface area (Å²) in [6.45, 7) is 8.15. The number of hydrogen-bond acceptors (Lipinski definition) is 5. The lowest BCUT2D eigenvalue weighted by Gasteiger charge is -2.42. The molecule has 27 heavy (non-hydrogen) atoms. The van der Waals surface area contributed by atoms with Crippen LogP contribution in [0.4, 0.5) is 5.95 Å². The Morgan fingerprint density at radius 1 is 0.963 bits per heavy atom. The second-order valence-corrected chi connectivity index (χ2v) is 9.05. The Labute approximate surface area is 166 Å². The van der Waals surface area contributed by atoms with Crippen LogP contribution in [0.3, 0.4) is 0 Å². The Bertz CT molecular complexity index is 542. The molecule has 0 aromatic carbocycles. The van der Waals surface area contributed by atoms with E-state index >= 15 is 0 Å². The third-order valence-electron chi connectivity index (χ3n) is 6.23. The number of hydrogen-bond donors (Lipinski definition) is 0. The monoisotopic (exact) mass is 373 g/mol. The third-order valence-corrected chi connectivity index (χ3v) is 6.23. The van der Waals surface area contributed by atoms with Gasteiger partial charge in [-0.25, -0.2) is 9.97 Å². The van der Waals surface area contributed by atoms with E-state index < -0.39 is 0 Å². The zero-order valence-corrected chi connectivity index (χ0v) is 17.9. The summed E-state index contributed by atoms with van der Waals surface area (Å²) in [4.78, 5) is 16.9. The molecule has 0 saturated carbocycles. The topological polar surface area (TPSA) is 35.5 Å². The van der Waals surface area contributed by atoms with Gasteiger partial charge in [0.15, 0.2) is 0 Å². The Morgan fingerprint density at radius 3 is 2.15 bits per heavy atom. The number of rotatable bonds is 10. The van der Waals surface area contributed by atoms with Crippen LogP contribution in [0, 0.1) is 0 Å². The summed E-state index contributed by atoms with van der Waals surface area (Å²) in [5.41, 5.74) is 1.29. The molecule has 2 fully saturated rings. The number of unbranched alkanes of at least 4 members (excludes halogenated alkanes) is 4. The molecule has 2 unspecified atom stereocenters. The van der Waals surface area contributed by atoms with Gasteiger partial charge in [-0.1, -0.05) is 19.3 Å². The molecule has 3 rings (SSSR count). The number of aromatic nitrogens is 2. The molecule has 0 radical (unpaired) electrons. The molecule has 2 aliphatic rings. The molecule has 0 aliphatic carbocycles. The fourth-order valence-electron chi connectivity index (χ4n) is 4.58. The van der Waals surface area contributed by atoms with Crippen molar-refractivity contribution in [3.63, 3.8) is 0 Å². The van der Waals surface area contributed by atoms with E-state index in [1.54, 1.807) is 0 Å². The fourth-order valence-corrected chi connectivity index (χ4v) is 4.58. The molecule has 2 bridgehead atoms. The first kappa shape index (κ1) is 20.5. The third kappa shape index (κ3) is 5.64. The molecular weight excluding hydrogens is 334 g/mol. The maximum absolute atomic E-state index is 4.75. The lowest BCUT2D eigenvalue weighted by atomic mass is 10.1. The molecule has 0 amide bonds. The molecule has 0 N–H and O–H groups in total. The van der Waals surface area contributed by atoms with Crippen LogP contribution >= 0.6 is 0 Å². The molecule has 2 aliphatic heterocycles. The number of piperazine rings is 1. The fraction of sp³-hybridized carbons (Fsp3) is 0.818. The van der Waals surface area contributed by atoms with E-state index in [0.29, 0.717) is 18.1 Å². The maximum Gasteiger partial charge on any atom is 0.225 e. The van der Waals surface area contributed by atoms with E-state index in [9.17, 15) is 0 Å². The molecule has 3 heterocycles. The van der Waals surface area contributed by atoms with Gasteiger partial charge >= 0.3 is 0 Å². The molecule has 1 aromatic heterocycles. The molecule has 0 spiro atoms. The summed E-state index contributed by atoms with van der Waals surface area (Å²) in [6.07, 6.45) is 14.4. The SMILES string of the molecule is CC(C)N1CC2CCC(C1)N2c1ncc(CCCCCCCN(C)C)cn1. The van der Waals surface area contributed by atoms with Gasteiger partial charge < -0.3 is 9.80 Å². The zero-order valence-electron chi connectivity index (χ0n) is 17.9. The van der Waals surface area contributed by atoms with Crippen molar-refractivity contribution in [1.29, 1.82) is 0 Å². The van der Waals surface area contributed by atoms with E-state index in [1.165, 1.54) is 57.1 Å². The van der Waals surface area contributed by atoms with Gasteiger partial charge in [0.1, 0.15) is 0 Å². The largest absolute Gasteiger partial charge is 0.332 e. The highest BCUT2D eigenvalue weighted by Crippen LogP contribution is 2.33. The smallest absolute Gasteiger partial charge is 0.225 e. The summed E-state index contributed by atoms with van der Waals surface area (Å²) in [7, 11) is 4.30. The normalized spacial score (nSPS) is 23.0. The number of likely N-dealkylation sites (tertiary alicyclic amines) is 1. The van der Waals surface area contributed by atoms with Gasteiger partial charge in [0, 0.05) is 43.6 Å². The van der Waals surface area contributed by atoms with Gasteiger partial charge in [0.2, 0.25) is 5.95 Å². The van der Waals surface area contributed by atoms with Crippen LogP contribution in [0.25, 0.3) is 0 Å². The summed E-state index contributed by atoms with van der Waals surface area (Å²) < 4.78 is 0. The Morgan fingerprint density at radius 2 is 1.56 bits per heavy atom.